The lowest BCUT2D eigenvalue weighted by atomic mass is 10.00. The molecule has 1 amide bonds. The highest BCUT2D eigenvalue weighted by Crippen LogP contribution is 2.27. The molecular weight excluding hydrogens is 282 g/mol. The van der Waals surface area contributed by atoms with Crippen LogP contribution in [0.3, 0.4) is 0 Å². The summed E-state index contributed by atoms with van der Waals surface area (Å²) in [6, 6.07) is 22.8. The number of amides is 1. The van der Waals surface area contributed by atoms with Gasteiger partial charge < -0.3 is 4.90 Å². The Hall–Kier alpha value is -2.61. The van der Waals surface area contributed by atoms with Crippen molar-refractivity contribution in [2.45, 2.75) is 19.3 Å². The van der Waals surface area contributed by atoms with Crippen LogP contribution in [0, 0.1) is 0 Å². The predicted molar refractivity (Wildman–Crippen MR) is 94.8 cm³/mol. The van der Waals surface area contributed by atoms with Gasteiger partial charge >= 0.3 is 0 Å². The van der Waals surface area contributed by atoms with E-state index in [-0.39, 0.29) is 5.91 Å². The molecule has 3 aromatic carbocycles. The standard InChI is InChI=1S/C21H19NO/c23-21(22-13-5-9-18-7-3-4-10-20(18)22)15-16-11-12-17-6-1-2-8-19(17)14-16/h1-4,6-8,10-12,14H,5,9,13,15H2. The maximum absolute atomic E-state index is 12.8. The first kappa shape index (κ1) is 14.0. The first-order valence-corrected chi connectivity index (χ1v) is 8.17. The van der Waals surface area contributed by atoms with Gasteiger partial charge in [-0.25, -0.2) is 0 Å². The van der Waals surface area contributed by atoms with Gasteiger partial charge in [0, 0.05) is 12.2 Å². The summed E-state index contributed by atoms with van der Waals surface area (Å²) in [6.45, 7) is 0.823. The van der Waals surface area contributed by atoms with Crippen molar-refractivity contribution in [2.75, 3.05) is 11.4 Å². The molecule has 0 aromatic heterocycles. The van der Waals surface area contributed by atoms with Gasteiger partial charge in [-0.05, 0) is 40.8 Å². The van der Waals surface area contributed by atoms with Crippen molar-refractivity contribution in [3.8, 4) is 0 Å². The predicted octanol–water partition coefficient (Wildman–Crippen LogP) is 4.36. The van der Waals surface area contributed by atoms with Crippen LogP contribution in [0.15, 0.2) is 66.7 Å². The SMILES string of the molecule is O=C(Cc1ccc2ccccc2c1)N1CCCc2ccccc21. The van der Waals surface area contributed by atoms with Gasteiger partial charge in [0.2, 0.25) is 5.91 Å². The van der Waals surface area contributed by atoms with Gasteiger partial charge in [0.1, 0.15) is 0 Å². The average molecular weight is 301 g/mol. The lowest BCUT2D eigenvalue weighted by Crippen LogP contribution is -2.36. The Morgan fingerprint density at radius 2 is 1.70 bits per heavy atom. The quantitative estimate of drug-likeness (QED) is 0.688. The molecule has 23 heavy (non-hydrogen) atoms. The molecule has 0 saturated heterocycles. The highest BCUT2D eigenvalue weighted by molar-refractivity contribution is 5.96. The van der Waals surface area contributed by atoms with Gasteiger partial charge in [0.05, 0.1) is 6.42 Å². The highest BCUT2D eigenvalue weighted by Gasteiger charge is 2.22. The van der Waals surface area contributed by atoms with Crippen LogP contribution in [0.5, 0.6) is 0 Å². The Morgan fingerprint density at radius 3 is 2.61 bits per heavy atom. The number of aryl methyl sites for hydroxylation is 1. The second-order valence-corrected chi connectivity index (χ2v) is 6.14. The molecule has 0 unspecified atom stereocenters. The Balaban J connectivity index is 1.60. The number of carbonyl (C=O) groups is 1. The maximum atomic E-state index is 12.8. The normalized spacial score (nSPS) is 13.8. The van der Waals surface area contributed by atoms with Crippen LogP contribution in [0.4, 0.5) is 5.69 Å². The van der Waals surface area contributed by atoms with Gasteiger partial charge in [0.15, 0.2) is 0 Å². The van der Waals surface area contributed by atoms with Crippen LogP contribution in [-0.2, 0) is 17.6 Å². The zero-order valence-electron chi connectivity index (χ0n) is 13.0. The molecule has 2 heteroatoms. The van der Waals surface area contributed by atoms with Crippen molar-refractivity contribution in [1.82, 2.24) is 0 Å². The van der Waals surface area contributed by atoms with E-state index in [0.29, 0.717) is 6.42 Å². The Kier molecular flexibility index (Phi) is 3.58. The fraction of sp³-hybridized carbons (Fsp3) is 0.190. The van der Waals surface area contributed by atoms with Crippen LogP contribution in [0.1, 0.15) is 17.5 Å². The zero-order chi connectivity index (χ0) is 15.6. The minimum absolute atomic E-state index is 0.187. The monoisotopic (exact) mass is 301 g/mol. The Morgan fingerprint density at radius 1 is 0.913 bits per heavy atom. The van der Waals surface area contributed by atoms with E-state index in [1.54, 1.807) is 0 Å². The summed E-state index contributed by atoms with van der Waals surface area (Å²) in [5, 5.41) is 2.41. The van der Waals surface area contributed by atoms with Gasteiger partial charge in [-0.2, -0.15) is 0 Å². The van der Waals surface area contributed by atoms with Gasteiger partial charge in [0.25, 0.3) is 0 Å². The molecule has 1 aliphatic heterocycles. The number of benzene rings is 3. The summed E-state index contributed by atoms with van der Waals surface area (Å²) in [6.07, 6.45) is 2.57. The van der Waals surface area contributed by atoms with Gasteiger partial charge in [-0.3, -0.25) is 4.79 Å². The van der Waals surface area contributed by atoms with E-state index in [0.717, 1.165) is 30.6 Å². The lowest BCUT2D eigenvalue weighted by molar-refractivity contribution is -0.118. The van der Waals surface area contributed by atoms with Crippen molar-refractivity contribution < 1.29 is 4.79 Å². The van der Waals surface area contributed by atoms with E-state index in [1.165, 1.54) is 16.3 Å². The summed E-state index contributed by atoms with van der Waals surface area (Å²) in [7, 11) is 0. The molecule has 0 bridgehead atoms. The average Bonchev–Trinajstić information content (AvgIpc) is 2.61. The zero-order valence-corrected chi connectivity index (χ0v) is 13.0. The van der Waals surface area contributed by atoms with Crippen LogP contribution in [0.2, 0.25) is 0 Å². The first-order valence-electron chi connectivity index (χ1n) is 8.17. The smallest absolute Gasteiger partial charge is 0.231 e. The number of para-hydroxylation sites is 1. The number of fused-ring (bicyclic) bond motifs is 2. The molecule has 114 valence electrons. The van der Waals surface area contributed by atoms with E-state index < -0.39 is 0 Å². The first-order chi connectivity index (χ1) is 11.3. The number of anilines is 1. The maximum Gasteiger partial charge on any atom is 0.231 e. The van der Waals surface area contributed by atoms with E-state index in [1.807, 2.05) is 23.1 Å². The third-order valence-corrected chi connectivity index (χ3v) is 4.58. The fourth-order valence-electron chi connectivity index (χ4n) is 3.41. The number of hydrogen-bond acceptors (Lipinski definition) is 1. The van der Waals surface area contributed by atoms with Crippen molar-refractivity contribution in [2.24, 2.45) is 0 Å². The van der Waals surface area contributed by atoms with E-state index >= 15 is 0 Å². The molecule has 0 spiro atoms. The topological polar surface area (TPSA) is 20.3 Å². The highest BCUT2D eigenvalue weighted by atomic mass is 16.2. The molecule has 1 aliphatic rings. The number of nitrogens with zero attached hydrogens (tertiary/aromatic N) is 1. The Bertz CT molecular complexity index is 868. The van der Waals surface area contributed by atoms with E-state index in [9.17, 15) is 4.79 Å². The fourth-order valence-corrected chi connectivity index (χ4v) is 3.41. The second kappa shape index (κ2) is 5.88. The van der Waals surface area contributed by atoms with Crippen molar-refractivity contribution in [3.63, 3.8) is 0 Å². The lowest BCUT2D eigenvalue weighted by Gasteiger charge is -2.29. The third-order valence-electron chi connectivity index (χ3n) is 4.58. The molecule has 2 nitrogen and oxygen atoms in total. The second-order valence-electron chi connectivity index (χ2n) is 6.14. The van der Waals surface area contributed by atoms with E-state index in [2.05, 4.69) is 48.5 Å². The molecule has 0 atom stereocenters. The van der Waals surface area contributed by atoms with Gasteiger partial charge in [-0.1, -0.05) is 60.7 Å². The van der Waals surface area contributed by atoms with Crippen molar-refractivity contribution in [1.29, 1.82) is 0 Å². The molecule has 0 aliphatic carbocycles. The van der Waals surface area contributed by atoms with Crippen LogP contribution < -0.4 is 4.90 Å². The van der Waals surface area contributed by atoms with E-state index in [4.69, 9.17) is 0 Å². The summed E-state index contributed by atoms with van der Waals surface area (Å²) in [5.41, 5.74) is 3.45. The summed E-state index contributed by atoms with van der Waals surface area (Å²) >= 11 is 0. The van der Waals surface area contributed by atoms with Crippen LogP contribution in [-0.4, -0.2) is 12.5 Å². The molecule has 3 aromatic rings. The molecule has 1 heterocycles. The molecule has 0 saturated carbocycles. The molecule has 0 N–H and O–H groups in total. The summed E-state index contributed by atoms with van der Waals surface area (Å²) in [4.78, 5) is 14.7. The van der Waals surface area contributed by atoms with Gasteiger partial charge in [-0.15, -0.1) is 0 Å². The minimum atomic E-state index is 0.187. The number of rotatable bonds is 2. The van der Waals surface area contributed by atoms with Crippen molar-refractivity contribution in [3.05, 3.63) is 77.9 Å². The molecule has 0 radical (unpaired) electrons. The van der Waals surface area contributed by atoms with Crippen LogP contribution in [0.25, 0.3) is 10.8 Å². The summed E-state index contributed by atoms with van der Waals surface area (Å²) in [5.74, 6) is 0.187. The largest absolute Gasteiger partial charge is 0.312 e. The van der Waals surface area contributed by atoms with Crippen LogP contribution >= 0.6 is 0 Å². The molecule has 4 rings (SSSR count). The third kappa shape index (κ3) is 2.72. The molecular formula is C21H19NO. The summed E-state index contributed by atoms with van der Waals surface area (Å²) < 4.78 is 0. The Labute approximate surface area is 136 Å². The number of carbonyl (C=O) groups excluding carboxylic acids is 1. The minimum Gasteiger partial charge on any atom is -0.312 e. The van der Waals surface area contributed by atoms with Crippen molar-refractivity contribution >= 4 is 22.4 Å². The molecule has 0 fully saturated rings. The number of hydrogen-bond donors (Lipinski definition) is 0.